The molecule has 7 nitrogen and oxygen atoms in total. The molecule has 2 aromatic rings. The molecule has 30 heavy (non-hydrogen) atoms. The number of aliphatic hydroxyl groups is 1. The zero-order valence-electron chi connectivity index (χ0n) is 17.0. The van der Waals surface area contributed by atoms with Crippen LogP contribution in [0.3, 0.4) is 0 Å². The molecule has 0 radical (unpaired) electrons. The predicted octanol–water partition coefficient (Wildman–Crippen LogP) is 1.77. The van der Waals surface area contributed by atoms with Crippen LogP contribution in [-0.2, 0) is 20.0 Å². The standard InChI is InChI=1S/C21H26N2O5S2/c1-20-13-22(29(25,26)17-9-5-3-6-10-17)15-21(2,19(20)24)16-23(14-20)30(27,28)18-11-7-4-8-12-18/h3-12,19,24H,13-16H2,1-2H3. The highest BCUT2D eigenvalue weighted by atomic mass is 32.2. The molecule has 2 fully saturated rings. The van der Waals surface area contributed by atoms with E-state index in [1.54, 1.807) is 74.5 Å². The van der Waals surface area contributed by atoms with E-state index < -0.39 is 37.0 Å². The van der Waals surface area contributed by atoms with Crippen LogP contribution in [0.15, 0.2) is 70.5 Å². The summed E-state index contributed by atoms with van der Waals surface area (Å²) in [6, 6.07) is 16.4. The van der Waals surface area contributed by atoms with Crippen molar-refractivity contribution in [3.63, 3.8) is 0 Å². The Morgan fingerprint density at radius 1 is 0.700 bits per heavy atom. The second-order valence-corrected chi connectivity index (χ2v) is 12.8. The number of hydrogen-bond donors (Lipinski definition) is 1. The van der Waals surface area contributed by atoms with Gasteiger partial charge >= 0.3 is 0 Å². The van der Waals surface area contributed by atoms with Crippen LogP contribution in [0.4, 0.5) is 0 Å². The number of nitrogens with zero attached hydrogens (tertiary/aromatic N) is 2. The molecule has 0 amide bonds. The van der Waals surface area contributed by atoms with Crippen molar-refractivity contribution in [2.45, 2.75) is 29.7 Å². The van der Waals surface area contributed by atoms with Gasteiger partial charge in [-0.1, -0.05) is 50.2 Å². The van der Waals surface area contributed by atoms with E-state index in [9.17, 15) is 21.9 Å². The van der Waals surface area contributed by atoms with E-state index in [0.717, 1.165) is 0 Å². The monoisotopic (exact) mass is 450 g/mol. The minimum absolute atomic E-state index is 0.0434. The smallest absolute Gasteiger partial charge is 0.243 e. The molecule has 1 N–H and O–H groups in total. The van der Waals surface area contributed by atoms with Gasteiger partial charge in [-0.05, 0) is 24.3 Å². The van der Waals surface area contributed by atoms with E-state index in [-0.39, 0.29) is 36.0 Å². The summed E-state index contributed by atoms with van der Waals surface area (Å²) in [5.41, 5.74) is -1.87. The highest BCUT2D eigenvalue weighted by Crippen LogP contribution is 2.48. The largest absolute Gasteiger partial charge is 0.392 e. The third kappa shape index (κ3) is 3.38. The fraction of sp³-hybridized carbons (Fsp3) is 0.429. The molecule has 2 aliphatic heterocycles. The van der Waals surface area contributed by atoms with Crippen molar-refractivity contribution in [2.75, 3.05) is 26.2 Å². The number of aliphatic hydroxyl groups excluding tert-OH is 1. The van der Waals surface area contributed by atoms with Crippen LogP contribution in [0.25, 0.3) is 0 Å². The van der Waals surface area contributed by atoms with Crippen molar-refractivity contribution in [3.05, 3.63) is 60.7 Å². The lowest BCUT2D eigenvalue weighted by atomic mass is 9.64. The Morgan fingerprint density at radius 3 is 1.30 bits per heavy atom. The van der Waals surface area contributed by atoms with Crippen molar-refractivity contribution in [3.8, 4) is 0 Å². The summed E-state index contributed by atoms with van der Waals surface area (Å²) in [7, 11) is -7.51. The number of sulfonamides is 2. The molecule has 0 saturated carbocycles. The minimum atomic E-state index is -3.75. The summed E-state index contributed by atoms with van der Waals surface area (Å²) in [6.07, 6.45) is -0.825. The molecule has 2 saturated heterocycles. The van der Waals surface area contributed by atoms with Crippen LogP contribution < -0.4 is 0 Å². The number of hydrogen-bond acceptors (Lipinski definition) is 5. The molecule has 2 bridgehead atoms. The molecule has 4 rings (SSSR count). The molecule has 162 valence electrons. The molecule has 2 aromatic carbocycles. The average Bonchev–Trinajstić information content (AvgIpc) is 2.71. The third-order valence-electron chi connectivity index (χ3n) is 6.23. The SMILES string of the molecule is CC12CN(S(=O)(=O)c3ccccc3)CC(C)(CN(S(=O)(=O)c3ccccc3)C1)C2O. The summed E-state index contributed by atoms with van der Waals surface area (Å²) in [5, 5.41) is 11.1. The molecular weight excluding hydrogens is 424 g/mol. The fourth-order valence-corrected chi connectivity index (χ4v) is 8.29. The Morgan fingerprint density at radius 2 is 1.00 bits per heavy atom. The van der Waals surface area contributed by atoms with E-state index in [2.05, 4.69) is 0 Å². The second kappa shape index (κ2) is 7.13. The van der Waals surface area contributed by atoms with Gasteiger partial charge in [0.25, 0.3) is 0 Å². The van der Waals surface area contributed by atoms with Crippen molar-refractivity contribution in [1.29, 1.82) is 0 Å². The van der Waals surface area contributed by atoms with E-state index in [4.69, 9.17) is 0 Å². The van der Waals surface area contributed by atoms with Gasteiger partial charge in [-0.15, -0.1) is 0 Å². The maximum atomic E-state index is 13.2. The zero-order valence-corrected chi connectivity index (χ0v) is 18.6. The molecule has 0 aliphatic carbocycles. The summed E-state index contributed by atoms with van der Waals surface area (Å²) < 4.78 is 55.7. The molecule has 0 atom stereocenters. The van der Waals surface area contributed by atoms with Crippen molar-refractivity contribution in [1.82, 2.24) is 8.61 Å². The summed E-state index contributed by atoms with van der Waals surface area (Å²) in [5.74, 6) is 0. The molecule has 0 spiro atoms. The normalized spacial score (nSPS) is 30.8. The number of fused-ring (bicyclic) bond motifs is 2. The highest BCUT2D eigenvalue weighted by Gasteiger charge is 2.59. The van der Waals surface area contributed by atoms with Crippen molar-refractivity contribution >= 4 is 20.0 Å². The first-order valence-corrected chi connectivity index (χ1v) is 12.7. The van der Waals surface area contributed by atoms with Crippen LogP contribution in [0.5, 0.6) is 0 Å². The van der Waals surface area contributed by atoms with E-state index in [1.165, 1.54) is 8.61 Å². The predicted molar refractivity (Wildman–Crippen MR) is 113 cm³/mol. The van der Waals surface area contributed by atoms with Crippen LogP contribution >= 0.6 is 0 Å². The fourth-order valence-electron chi connectivity index (χ4n) is 4.83. The van der Waals surface area contributed by atoms with Gasteiger partial charge < -0.3 is 5.11 Å². The van der Waals surface area contributed by atoms with Gasteiger partial charge in [-0.25, -0.2) is 16.8 Å². The molecule has 9 heteroatoms. The molecule has 0 aromatic heterocycles. The first-order valence-electron chi connectivity index (χ1n) is 9.78. The van der Waals surface area contributed by atoms with Gasteiger partial charge in [-0.3, -0.25) is 0 Å². The van der Waals surface area contributed by atoms with Gasteiger partial charge in [0.05, 0.1) is 15.9 Å². The quantitative estimate of drug-likeness (QED) is 0.766. The van der Waals surface area contributed by atoms with E-state index in [0.29, 0.717) is 0 Å². The van der Waals surface area contributed by atoms with E-state index >= 15 is 0 Å². The lowest BCUT2D eigenvalue weighted by Gasteiger charge is -2.58. The molecular formula is C21H26N2O5S2. The summed E-state index contributed by atoms with van der Waals surface area (Å²) in [4.78, 5) is 0.390. The topological polar surface area (TPSA) is 95.0 Å². The Balaban J connectivity index is 1.70. The Kier molecular flexibility index (Phi) is 5.10. The van der Waals surface area contributed by atoms with Gasteiger partial charge in [-0.2, -0.15) is 8.61 Å². The second-order valence-electron chi connectivity index (χ2n) is 8.88. The minimum Gasteiger partial charge on any atom is -0.392 e. The van der Waals surface area contributed by atoms with Crippen molar-refractivity contribution in [2.24, 2.45) is 10.8 Å². The Bertz CT molecular complexity index is 1030. The third-order valence-corrected chi connectivity index (χ3v) is 9.84. The van der Waals surface area contributed by atoms with Crippen molar-refractivity contribution < 1.29 is 21.9 Å². The van der Waals surface area contributed by atoms with Gasteiger partial charge in [0, 0.05) is 37.0 Å². The van der Waals surface area contributed by atoms with Gasteiger partial charge in [0.2, 0.25) is 20.0 Å². The maximum absolute atomic E-state index is 13.2. The van der Waals surface area contributed by atoms with E-state index in [1.807, 2.05) is 0 Å². The van der Waals surface area contributed by atoms with Gasteiger partial charge in [0.15, 0.2) is 0 Å². The first kappa shape index (κ1) is 21.5. The Labute approximate surface area is 178 Å². The zero-order chi connectivity index (χ0) is 21.8. The lowest BCUT2D eigenvalue weighted by Crippen LogP contribution is -2.71. The highest BCUT2D eigenvalue weighted by molar-refractivity contribution is 7.89. The summed E-state index contributed by atoms with van der Waals surface area (Å²) in [6.45, 7) is 3.69. The first-order chi connectivity index (χ1) is 14.0. The lowest BCUT2D eigenvalue weighted by molar-refractivity contribution is -0.143. The van der Waals surface area contributed by atoms with Crippen LogP contribution in [0, 0.1) is 10.8 Å². The van der Waals surface area contributed by atoms with Crippen LogP contribution in [0.1, 0.15) is 13.8 Å². The summed E-state index contributed by atoms with van der Waals surface area (Å²) >= 11 is 0. The molecule has 2 aliphatic rings. The van der Waals surface area contributed by atoms with Crippen LogP contribution in [-0.4, -0.2) is 62.8 Å². The van der Waals surface area contributed by atoms with Crippen LogP contribution in [0.2, 0.25) is 0 Å². The number of rotatable bonds is 4. The average molecular weight is 451 g/mol. The maximum Gasteiger partial charge on any atom is 0.243 e. The molecule has 2 heterocycles. The van der Waals surface area contributed by atoms with Gasteiger partial charge in [0.1, 0.15) is 0 Å². The number of benzene rings is 2. The Hall–Kier alpha value is -1.78. The number of piperidine rings is 2. The molecule has 0 unspecified atom stereocenters.